The normalized spacial score (nSPS) is 10.7. The standard InChI is InChI=1S/C8H13N3S2/c1-11(2)4-3-7-10-6(5-13-7)8(9)12/h5H,3-4H2,1-2H3,(H2,9,12). The lowest BCUT2D eigenvalue weighted by Gasteiger charge is -2.06. The van der Waals surface area contributed by atoms with E-state index in [2.05, 4.69) is 9.88 Å². The minimum Gasteiger partial charge on any atom is -0.388 e. The lowest BCUT2D eigenvalue weighted by molar-refractivity contribution is 0.413. The molecule has 0 unspecified atom stereocenters. The fourth-order valence-electron chi connectivity index (χ4n) is 0.858. The van der Waals surface area contributed by atoms with Gasteiger partial charge in [0.15, 0.2) is 0 Å². The molecule has 0 aliphatic rings. The van der Waals surface area contributed by atoms with Crippen molar-refractivity contribution in [2.45, 2.75) is 6.42 Å². The summed E-state index contributed by atoms with van der Waals surface area (Å²) in [6.45, 7) is 1.00. The molecular weight excluding hydrogens is 202 g/mol. The molecule has 1 aromatic heterocycles. The molecule has 5 heteroatoms. The van der Waals surface area contributed by atoms with Gasteiger partial charge in [-0.1, -0.05) is 12.2 Å². The second-order valence-corrected chi connectivity index (χ2v) is 4.43. The Bertz CT molecular complexity index is 293. The van der Waals surface area contributed by atoms with E-state index in [1.165, 1.54) is 0 Å². The first-order chi connectivity index (χ1) is 6.09. The molecule has 1 rings (SSSR count). The van der Waals surface area contributed by atoms with Crippen LogP contribution in [-0.2, 0) is 6.42 Å². The third kappa shape index (κ3) is 3.38. The average Bonchev–Trinajstić information content (AvgIpc) is 2.48. The molecule has 0 aromatic carbocycles. The van der Waals surface area contributed by atoms with Gasteiger partial charge >= 0.3 is 0 Å². The van der Waals surface area contributed by atoms with Gasteiger partial charge in [-0.15, -0.1) is 11.3 Å². The van der Waals surface area contributed by atoms with Crippen LogP contribution in [0.4, 0.5) is 0 Å². The van der Waals surface area contributed by atoms with E-state index in [-0.39, 0.29) is 0 Å². The number of thiazole rings is 1. The summed E-state index contributed by atoms with van der Waals surface area (Å²) >= 11 is 6.44. The van der Waals surface area contributed by atoms with Crippen LogP contribution in [0.5, 0.6) is 0 Å². The van der Waals surface area contributed by atoms with E-state index in [1.54, 1.807) is 11.3 Å². The maximum absolute atomic E-state index is 5.45. The van der Waals surface area contributed by atoms with Crippen molar-refractivity contribution in [1.29, 1.82) is 0 Å². The van der Waals surface area contributed by atoms with Crippen LogP contribution in [0.15, 0.2) is 5.38 Å². The number of nitrogens with zero attached hydrogens (tertiary/aromatic N) is 2. The monoisotopic (exact) mass is 215 g/mol. The summed E-state index contributed by atoms with van der Waals surface area (Å²) in [4.78, 5) is 6.82. The first-order valence-corrected chi connectivity index (χ1v) is 5.27. The van der Waals surface area contributed by atoms with Crippen molar-refractivity contribution in [3.63, 3.8) is 0 Å². The Kier molecular flexibility index (Phi) is 3.77. The van der Waals surface area contributed by atoms with Gasteiger partial charge in [-0.25, -0.2) is 4.98 Å². The Hall–Kier alpha value is -0.520. The Morgan fingerprint density at radius 2 is 2.38 bits per heavy atom. The van der Waals surface area contributed by atoms with Gasteiger partial charge in [-0.3, -0.25) is 0 Å². The maximum atomic E-state index is 5.45. The molecule has 0 bridgehead atoms. The van der Waals surface area contributed by atoms with Gasteiger partial charge in [0.05, 0.1) is 5.01 Å². The predicted octanol–water partition coefficient (Wildman–Crippen LogP) is 0.881. The van der Waals surface area contributed by atoms with Crippen LogP contribution < -0.4 is 5.73 Å². The Labute approximate surface area is 87.6 Å². The molecule has 0 saturated carbocycles. The van der Waals surface area contributed by atoms with Crippen molar-refractivity contribution >= 4 is 28.5 Å². The van der Waals surface area contributed by atoms with Crippen LogP contribution in [0.2, 0.25) is 0 Å². The fourth-order valence-corrected chi connectivity index (χ4v) is 1.82. The molecule has 0 fully saturated rings. The summed E-state index contributed by atoms with van der Waals surface area (Å²) in [6, 6.07) is 0. The van der Waals surface area contributed by atoms with Crippen molar-refractivity contribution in [3.8, 4) is 0 Å². The quantitative estimate of drug-likeness (QED) is 0.757. The minimum atomic E-state index is 0.382. The van der Waals surface area contributed by atoms with Gasteiger partial charge in [0.2, 0.25) is 0 Å². The molecule has 3 nitrogen and oxygen atoms in total. The van der Waals surface area contributed by atoms with Crippen molar-refractivity contribution in [2.24, 2.45) is 5.73 Å². The molecule has 1 heterocycles. The molecule has 72 valence electrons. The van der Waals surface area contributed by atoms with E-state index < -0.39 is 0 Å². The highest BCUT2D eigenvalue weighted by atomic mass is 32.1. The Morgan fingerprint density at radius 3 is 2.85 bits per heavy atom. The topological polar surface area (TPSA) is 42.2 Å². The molecule has 1 aromatic rings. The van der Waals surface area contributed by atoms with Crippen molar-refractivity contribution < 1.29 is 0 Å². The van der Waals surface area contributed by atoms with Gasteiger partial charge in [0, 0.05) is 18.3 Å². The molecular formula is C8H13N3S2. The van der Waals surface area contributed by atoms with E-state index in [4.69, 9.17) is 18.0 Å². The zero-order chi connectivity index (χ0) is 9.84. The zero-order valence-electron chi connectivity index (χ0n) is 7.78. The van der Waals surface area contributed by atoms with Gasteiger partial charge in [-0.2, -0.15) is 0 Å². The predicted molar refractivity (Wildman–Crippen MR) is 60.3 cm³/mol. The summed E-state index contributed by atoms with van der Waals surface area (Å²) < 4.78 is 0. The largest absolute Gasteiger partial charge is 0.388 e. The van der Waals surface area contributed by atoms with Gasteiger partial charge in [0.25, 0.3) is 0 Å². The summed E-state index contributed by atoms with van der Waals surface area (Å²) in [5.74, 6) is 0. The molecule has 0 aliphatic heterocycles. The van der Waals surface area contributed by atoms with Crippen LogP contribution in [0.3, 0.4) is 0 Å². The second kappa shape index (κ2) is 4.64. The summed E-state index contributed by atoms with van der Waals surface area (Å²) in [5, 5.41) is 3.00. The third-order valence-electron chi connectivity index (χ3n) is 1.58. The van der Waals surface area contributed by atoms with Crippen LogP contribution in [0.1, 0.15) is 10.7 Å². The molecule has 13 heavy (non-hydrogen) atoms. The SMILES string of the molecule is CN(C)CCc1nc(C(N)=S)cs1. The first-order valence-electron chi connectivity index (χ1n) is 3.98. The fraction of sp³-hybridized carbons (Fsp3) is 0.500. The van der Waals surface area contributed by atoms with E-state index in [0.717, 1.165) is 23.7 Å². The molecule has 0 saturated heterocycles. The number of hydrogen-bond donors (Lipinski definition) is 1. The van der Waals surface area contributed by atoms with Crippen LogP contribution >= 0.6 is 23.6 Å². The van der Waals surface area contributed by atoms with Crippen LogP contribution in [-0.4, -0.2) is 35.5 Å². The number of likely N-dealkylation sites (N-methyl/N-ethyl adjacent to an activating group) is 1. The highest BCUT2D eigenvalue weighted by Crippen LogP contribution is 2.10. The van der Waals surface area contributed by atoms with Crippen LogP contribution in [0, 0.1) is 0 Å². The van der Waals surface area contributed by atoms with Crippen LogP contribution in [0.25, 0.3) is 0 Å². The van der Waals surface area contributed by atoms with Crippen molar-refractivity contribution in [3.05, 3.63) is 16.1 Å². The number of rotatable bonds is 4. The summed E-state index contributed by atoms with van der Waals surface area (Å²) in [5.41, 5.74) is 6.19. The van der Waals surface area contributed by atoms with E-state index in [1.807, 2.05) is 19.5 Å². The highest BCUT2D eigenvalue weighted by molar-refractivity contribution is 7.80. The number of nitrogens with two attached hydrogens (primary N) is 1. The van der Waals surface area contributed by atoms with Gasteiger partial charge in [-0.05, 0) is 14.1 Å². The second-order valence-electron chi connectivity index (χ2n) is 3.04. The van der Waals surface area contributed by atoms with Gasteiger partial charge < -0.3 is 10.6 Å². The maximum Gasteiger partial charge on any atom is 0.123 e. The van der Waals surface area contributed by atoms with E-state index >= 15 is 0 Å². The molecule has 2 N–H and O–H groups in total. The number of hydrogen-bond acceptors (Lipinski definition) is 4. The Balaban J connectivity index is 2.54. The average molecular weight is 215 g/mol. The molecule has 0 amide bonds. The van der Waals surface area contributed by atoms with E-state index in [0.29, 0.717) is 4.99 Å². The molecule has 0 atom stereocenters. The summed E-state index contributed by atoms with van der Waals surface area (Å²) in [7, 11) is 4.09. The highest BCUT2D eigenvalue weighted by Gasteiger charge is 2.03. The zero-order valence-corrected chi connectivity index (χ0v) is 9.41. The molecule has 0 radical (unpaired) electrons. The summed E-state index contributed by atoms with van der Waals surface area (Å²) in [6.07, 6.45) is 0.959. The number of thiocarbonyl (C=S) groups is 1. The van der Waals surface area contributed by atoms with E-state index in [9.17, 15) is 0 Å². The molecule has 0 aliphatic carbocycles. The third-order valence-corrected chi connectivity index (χ3v) is 2.69. The minimum absolute atomic E-state index is 0.382. The van der Waals surface area contributed by atoms with Gasteiger partial charge in [0.1, 0.15) is 10.7 Å². The van der Waals surface area contributed by atoms with Crippen molar-refractivity contribution in [1.82, 2.24) is 9.88 Å². The smallest absolute Gasteiger partial charge is 0.123 e. The lowest BCUT2D eigenvalue weighted by atomic mass is 10.4. The van der Waals surface area contributed by atoms with Crippen molar-refractivity contribution in [2.75, 3.05) is 20.6 Å². The molecule has 0 spiro atoms. The first kappa shape index (κ1) is 10.6. The number of aromatic nitrogens is 1. The lowest BCUT2D eigenvalue weighted by Crippen LogP contribution is -2.15. The Morgan fingerprint density at radius 1 is 1.69 bits per heavy atom.